The van der Waals surface area contributed by atoms with Gasteiger partial charge in [-0.2, -0.15) is 0 Å². The molecule has 1 fully saturated rings. The van der Waals surface area contributed by atoms with Gasteiger partial charge < -0.3 is 16.4 Å². The summed E-state index contributed by atoms with van der Waals surface area (Å²) in [6, 6.07) is 11.0. The molecule has 0 amide bonds. The summed E-state index contributed by atoms with van der Waals surface area (Å²) in [5.41, 5.74) is 8.61. The Bertz CT molecular complexity index is 1180. The molecule has 0 radical (unpaired) electrons. The summed E-state index contributed by atoms with van der Waals surface area (Å²) in [7, 11) is 0. The molecular weight excluding hydrogens is 395 g/mol. The minimum absolute atomic E-state index is 0.310. The molecule has 1 aliphatic rings. The number of nitrogens with zero attached hydrogens (tertiary/aromatic N) is 5. The fourth-order valence-electron chi connectivity index (χ4n) is 3.83. The SMILES string of the molecule is NC1CCC(Nc2ccc3ncc(-c4cnc(Nc5ccccc5F)nc4)n3n2)CC1. The lowest BCUT2D eigenvalue weighted by Crippen LogP contribution is -2.33. The first-order valence-electron chi connectivity index (χ1n) is 10.4. The highest BCUT2D eigenvalue weighted by Crippen LogP contribution is 2.24. The van der Waals surface area contributed by atoms with Crippen molar-refractivity contribution in [2.75, 3.05) is 10.6 Å². The Morgan fingerprint density at radius 2 is 1.71 bits per heavy atom. The van der Waals surface area contributed by atoms with Crippen LogP contribution in [0.5, 0.6) is 0 Å². The number of halogens is 1. The third-order valence-corrected chi connectivity index (χ3v) is 5.55. The van der Waals surface area contributed by atoms with Gasteiger partial charge in [-0.25, -0.2) is 23.9 Å². The number of anilines is 3. The quantitative estimate of drug-likeness (QED) is 0.453. The van der Waals surface area contributed by atoms with Crippen molar-refractivity contribution in [2.45, 2.75) is 37.8 Å². The standard InChI is InChI=1S/C22H23FN8/c23-17-3-1-2-4-18(17)29-22-26-11-14(12-27-22)19-13-25-21-10-9-20(30-31(19)21)28-16-7-5-15(24)6-8-16/h1-4,9-13,15-16H,5-8,24H2,(H,28,30)(H,26,27,29). The van der Waals surface area contributed by atoms with Crippen LogP contribution in [0.2, 0.25) is 0 Å². The van der Waals surface area contributed by atoms with Crippen molar-refractivity contribution in [2.24, 2.45) is 5.73 Å². The zero-order chi connectivity index (χ0) is 21.2. The molecule has 0 saturated heterocycles. The van der Waals surface area contributed by atoms with Gasteiger partial charge in [-0.15, -0.1) is 5.10 Å². The summed E-state index contributed by atoms with van der Waals surface area (Å²) >= 11 is 0. The summed E-state index contributed by atoms with van der Waals surface area (Å²) in [4.78, 5) is 13.1. The van der Waals surface area contributed by atoms with Crippen molar-refractivity contribution < 1.29 is 4.39 Å². The molecule has 0 unspecified atom stereocenters. The van der Waals surface area contributed by atoms with Crippen LogP contribution in [0.1, 0.15) is 25.7 Å². The first kappa shape index (κ1) is 19.4. The summed E-state index contributed by atoms with van der Waals surface area (Å²) in [5.74, 6) is 0.751. The number of benzene rings is 1. The van der Waals surface area contributed by atoms with E-state index in [9.17, 15) is 4.39 Å². The molecule has 158 valence electrons. The van der Waals surface area contributed by atoms with E-state index in [4.69, 9.17) is 10.8 Å². The lowest BCUT2D eigenvalue weighted by Gasteiger charge is -2.27. The maximum absolute atomic E-state index is 13.8. The Morgan fingerprint density at radius 3 is 2.48 bits per heavy atom. The molecule has 3 aromatic heterocycles. The van der Waals surface area contributed by atoms with Crippen LogP contribution in [0.25, 0.3) is 16.9 Å². The Labute approximate surface area is 178 Å². The number of fused-ring (bicyclic) bond motifs is 1. The fraction of sp³-hybridized carbons (Fsp3) is 0.273. The van der Waals surface area contributed by atoms with Crippen molar-refractivity contribution in [3.05, 3.63) is 60.8 Å². The summed E-state index contributed by atoms with van der Waals surface area (Å²) in [5, 5.41) is 11.1. The van der Waals surface area contributed by atoms with Crippen LogP contribution in [0.4, 0.5) is 21.8 Å². The average molecular weight is 418 g/mol. The lowest BCUT2D eigenvalue weighted by molar-refractivity contribution is 0.410. The van der Waals surface area contributed by atoms with Crippen LogP contribution >= 0.6 is 0 Å². The molecular formula is C22H23FN8. The smallest absolute Gasteiger partial charge is 0.227 e. The maximum atomic E-state index is 13.8. The minimum Gasteiger partial charge on any atom is -0.366 e. The van der Waals surface area contributed by atoms with Gasteiger partial charge >= 0.3 is 0 Å². The van der Waals surface area contributed by atoms with Crippen LogP contribution < -0.4 is 16.4 Å². The largest absolute Gasteiger partial charge is 0.366 e. The molecule has 1 aromatic carbocycles. The van der Waals surface area contributed by atoms with Crippen LogP contribution in [0.3, 0.4) is 0 Å². The molecule has 1 saturated carbocycles. The minimum atomic E-state index is -0.360. The molecule has 31 heavy (non-hydrogen) atoms. The molecule has 3 heterocycles. The zero-order valence-corrected chi connectivity index (χ0v) is 16.9. The van der Waals surface area contributed by atoms with Gasteiger partial charge in [0.2, 0.25) is 5.95 Å². The van der Waals surface area contributed by atoms with Gasteiger partial charge in [0.1, 0.15) is 11.6 Å². The monoisotopic (exact) mass is 418 g/mol. The number of nitrogens with two attached hydrogens (primary N) is 1. The second-order valence-electron chi connectivity index (χ2n) is 7.79. The zero-order valence-electron chi connectivity index (χ0n) is 16.9. The molecule has 0 bridgehead atoms. The number of hydrogen-bond acceptors (Lipinski definition) is 7. The van der Waals surface area contributed by atoms with Gasteiger partial charge in [0, 0.05) is 30.0 Å². The lowest BCUT2D eigenvalue weighted by atomic mass is 9.92. The van der Waals surface area contributed by atoms with Crippen molar-refractivity contribution >= 4 is 23.1 Å². The third kappa shape index (κ3) is 4.17. The summed E-state index contributed by atoms with van der Waals surface area (Å²) < 4.78 is 15.6. The Hall–Kier alpha value is -3.59. The molecule has 0 spiro atoms. The number of imidazole rings is 1. The number of rotatable bonds is 5. The first-order valence-corrected chi connectivity index (χ1v) is 10.4. The van der Waals surface area contributed by atoms with Crippen LogP contribution in [0, 0.1) is 5.82 Å². The number of aromatic nitrogens is 5. The van der Waals surface area contributed by atoms with Gasteiger partial charge in [-0.05, 0) is 49.9 Å². The van der Waals surface area contributed by atoms with E-state index in [2.05, 4.69) is 25.6 Å². The molecule has 4 N–H and O–H groups in total. The van der Waals surface area contributed by atoms with Crippen LogP contribution in [-0.4, -0.2) is 36.6 Å². The van der Waals surface area contributed by atoms with E-state index in [1.54, 1.807) is 41.3 Å². The molecule has 9 heteroatoms. The second kappa shape index (κ2) is 8.27. The van der Waals surface area contributed by atoms with E-state index in [0.717, 1.165) is 48.4 Å². The van der Waals surface area contributed by atoms with Crippen molar-refractivity contribution in [1.82, 2.24) is 24.6 Å². The highest BCUT2D eigenvalue weighted by atomic mass is 19.1. The average Bonchev–Trinajstić information content (AvgIpc) is 3.21. The van der Waals surface area contributed by atoms with Gasteiger partial charge in [0.15, 0.2) is 5.65 Å². The highest BCUT2D eigenvalue weighted by molar-refractivity contribution is 5.63. The van der Waals surface area contributed by atoms with Gasteiger partial charge in [0.25, 0.3) is 0 Å². The van der Waals surface area contributed by atoms with Crippen LogP contribution in [0.15, 0.2) is 55.0 Å². The van der Waals surface area contributed by atoms with Gasteiger partial charge in [-0.3, -0.25) is 0 Å². The number of para-hydroxylation sites is 1. The Balaban J connectivity index is 1.36. The second-order valence-corrected chi connectivity index (χ2v) is 7.79. The van der Waals surface area contributed by atoms with E-state index in [1.165, 1.54) is 6.07 Å². The summed E-state index contributed by atoms with van der Waals surface area (Å²) in [6.45, 7) is 0. The molecule has 5 rings (SSSR count). The van der Waals surface area contributed by atoms with Crippen LogP contribution in [-0.2, 0) is 0 Å². The van der Waals surface area contributed by atoms with E-state index >= 15 is 0 Å². The molecule has 1 aliphatic carbocycles. The number of hydrogen-bond donors (Lipinski definition) is 3. The number of nitrogens with one attached hydrogen (secondary N) is 2. The predicted octanol–water partition coefficient (Wildman–Crippen LogP) is 3.75. The predicted molar refractivity (Wildman–Crippen MR) is 118 cm³/mol. The molecule has 4 aromatic rings. The van der Waals surface area contributed by atoms with E-state index < -0.39 is 0 Å². The molecule has 8 nitrogen and oxygen atoms in total. The highest BCUT2D eigenvalue weighted by Gasteiger charge is 2.19. The van der Waals surface area contributed by atoms with Crippen molar-refractivity contribution in [1.29, 1.82) is 0 Å². The van der Waals surface area contributed by atoms with E-state index in [-0.39, 0.29) is 5.82 Å². The van der Waals surface area contributed by atoms with E-state index in [0.29, 0.717) is 23.7 Å². The fourth-order valence-corrected chi connectivity index (χ4v) is 3.83. The Kier molecular flexibility index (Phi) is 5.17. The first-order chi connectivity index (χ1) is 15.2. The third-order valence-electron chi connectivity index (χ3n) is 5.55. The topological polar surface area (TPSA) is 106 Å². The molecule has 0 atom stereocenters. The normalized spacial score (nSPS) is 18.8. The maximum Gasteiger partial charge on any atom is 0.227 e. The summed E-state index contributed by atoms with van der Waals surface area (Å²) in [6.07, 6.45) is 9.23. The Morgan fingerprint density at radius 1 is 0.935 bits per heavy atom. The van der Waals surface area contributed by atoms with E-state index in [1.807, 2.05) is 12.1 Å². The van der Waals surface area contributed by atoms with Crippen molar-refractivity contribution in [3.63, 3.8) is 0 Å². The van der Waals surface area contributed by atoms with Crippen molar-refractivity contribution in [3.8, 4) is 11.3 Å². The van der Waals surface area contributed by atoms with Gasteiger partial charge in [-0.1, -0.05) is 12.1 Å². The molecule has 0 aliphatic heterocycles. The van der Waals surface area contributed by atoms with Gasteiger partial charge in [0.05, 0.1) is 17.6 Å².